The summed E-state index contributed by atoms with van der Waals surface area (Å²) in [6.45, 7) is 5.12. The van der Waals surface area contributed by atoms with Gasteiger partial charge in [0.15, 0.2) is 0 Å². The lowest BCUT2D eigenvalue weighted by Crippen LogP contribution is -2.37. The molecule has 0 aromatic heterocycles. The van der Waals surface area contributed by atoms with Crippen LogP contribution in [0.2, 0.25) is 0 Å². The average Bonchev–Trinajstić information content (AvgIpc) is 2.94. The second-order valence-corrected chi connectivity index (χ2v) is 5.90. The van der Waals surface area contributed by atoms with Gasteiger partial charge in [-0.25, -0.2) is 4.39 Å². The molecule has 0 amide bonds. The summed E-state index contributed by atoms with van der Waals surface area (Å²) in [7, 11) is 0. The van der Waals surface area contributed by atoms with Gasteiger partial charge in [-0.3, -0.25) is 4.90 Å². The van der Waals surface area contributed by atoms with Crippen molar-refractivity contribution in [3.63, 3.8) is 0 Å². The molecular weight excluding hydrogens is 269 g/mol. The van der Waals surface area contributed by atoms with Gasteiger partial charge < -0.3 is 9.84 Å². The van der Waals surface area contributed by atoms with Crippen LogP contribution < -0.4 is 0 Å². The Hall–Kier alpha value is -0.970. The highest BCUT2D eigenvalue weighted by Gasteiger charge is 2.21. The molecule has 3 nitrogen and oxygen atoms in total. The fraction of sp³-hybridized carbons (Fsp3) is 0.647. The Kier molecular flexibility index (Phi) is 6.61. The van der Waals surface area contributed by atoms with E-state index < -0.39 is 0 Å². The lowest BCUT2D eigenvalue weighted by Gasteiger charge is -2.27. The zero-order chi connectivity index (χ0) is 15.1. The minimum absolute atomic E-state index is 0.213. The maximum absolute atomic E-state index is 13.0. The van der Waals surface area contributed by atoms with Gasteiger partial charge in [0.2, 0.25) is 0 Å². The van der Waals surface area contributed by atoms with Crippen LogP contribution in [0.25, 0.3) is 0 Å². The van der Waals surface area contributed by atoms with Crippen molar-refractivity contribution < 1.29 is 14.2 Å². The Morgan fingerprint density at radius 3 is 2.76 bits per heavy atom. The van der Waals surface area contributed by atoms with Crippen LogP contribution in [0.1, 0.15) is 38.2 Å². The van der Waals surface area contributed by atoms with Gasteiger partial charge in [0, 0.05) is 26.2 Å². The van der Waals surface area contributed by atoms with E-state index in [1.165, 1.54) is 12.1 Å². The first-order chi connectivity index (χ1) is 10.2. The van der Waals surface area contributed by atoms with Gasteiger partial charge in [0.05, 0.1) is 12.2 Å². The van der Waals surface area contributed by atoms with Crippen molar-refractivity contribution in [1.29, 1.82) is 0 Å². The van der Waals surface area contributed by atoms with Crippen molar-refractivity contribution in [2.24, 2.45) is 0 Å². The molecule has 1 aromatic rings. The average molecular weight is 295 g/mol. The quantitative estimate of drug-likeness (QED) is 0.800. The van der Waals surface area contributed by atoms with Crippen LogP contribution in [0.4, 0.5) is 4.39 Å². The first kappa shape index (κ1) is 16.4. The number of nitrogens with zero attached hydrogens (tertiary/aromatic N) is 1. The van der Waals surface area contributed by atoms with Crippen molar-refractivity contribution in [3.05, 3.63) is 35.6 Å². The molecule has 0 saturated carbocycles. The van der Waals surface area contributed by atoms with Crippen LogP contribution in [0.5, 0.6) is 0 Å². The van der Waals surface area contributed by atoms with Crippen LogP contribution >= 0.6 is 0 Å². The number of rotatable bonds is 8. The van der Waals surface area contributed by atoms with E-state index in [1.54, 1.807) is 0 Å². The van der Waals surface area contributed by atoms with Crippen molar-refractivity contribution in [2.75, 3.05) is 19.7 Å². The predicted molar refractivity (Wildman–Crippen MR) is 81.6 cm³/mol. The molecule has 2 unspecified atom stereocenters. The van der Waals surface area contributed by atoms with Crippen LogP contribution in [0.3, 0.4) is 0 Å². The number of ether oxygens (including phenoxy) is 1. The van der Waals surface area contributed by atoms with Crippen molar-refractivity contribution in [1.82, 2.24) is 4.90 Å². The highest BCUT2D eigenvalue weighted by molar-refractivity contribution is 5.15. The standard InChI is InChI=1S/C17H26FNO2/c1-2-4-16(20)12-19(13-17-5-3-10-21-17)11-14-6-8-15(18)9-7-14/h6-9,16-17,20H,2-5,10-13H2,1H3. The summed E-state index contributed by atoms with van der Waals surface area (Å²) in [5.74, 6) is -0.213. The molecule has 2 atom stereocenters. The number of halogens is 1. The summed E-state index contributed by atoms with van der Waals surface area (Å²) in [6, 6.07) is 6.60. The van der Waals surface area contributed by atoms with Crippen LogP contribution in [-0.2, 0) is 11.3 Å². The van der Waals surface area contributed by atoms with Gasteiger partial charge in [-0.15, -0.1) is 0 Å². The number of aliphatic hydroxyl groups is 1. The van der Waals surface area contributed by atoms with E-state index in [2.05, 4.69) is 11.8 Å². The summed E-state index contributed by atoms with van der Waals surface area (Å²) in [5, 5.41) is 10.1. The Labute approximate surface area is 126 Å². The van der Waals surface area contributed by atoms with Gasteiger partial charge in [-0.1, -0.05) is 25.5 Å². The van der Waals surface area contributed by atoms with Crippen LogP contribution in [0.15, 0.2) is 24.3 Å². The van der Waals surface area contributed by atoms with Crippen molar-refractivity contribution in [3.8, 4) is 0 Å². The molecule has 4 heteroatoms. The molecule has 1 saturated heterocycles. The Morgan fingerprint density at radius 1 is 1.38 bits per heavy atom. The lowest BCUT2D eigenvalue weighted by molar-refractivity contribution is 0.0441. The first-order valence-corrected chi connectivity index (χ1v) is 7.94. The number of hydrogen-bond donors (Lipinski definition) is 1. The smallest absolute Gasteiger partial charge is 0.123 e. The minimum atomic E-state index is -0.308. The summed E-state index contributed by atoms with van der Waals surface area (Å²) in [4.78, 5) is 2.23. The normalized spacial score (nSPS) is 20.1. The maximum Gasteiger partial charge on any atom is 0.123 e. The molecule has 0 radical (unpaired) electrons. The lowest BCUT2D eigenvalue weighted by atomic mass is 10.1. The maximum atomic E-state index is 13.0. The fourth-order valence-electron chi connectivity index (χ4n) is 2.85. The summed E-state index contributed by atoms with van der Waals surface area (Å²) in [5.41, 5.74) is 1.07. The second kappa shape index (κ2) is 8.47. The molecular formula is C17H26FNO2. The van der Waals surface area contributed by atoms with E-state index in [1.807, 2.05) is 12.1 Å². The van der Waals surface area contributed by atoms with E-state index in [-0.39, 0.29) is 18.0 Å². The van der Waals surface area contributed by atoms with E-state index in [4.69, 9.17) is 4.74 Å². The molecule has 1 N–H and O–H groups in total. The molecule has 0 aliphatic carbocycles. The highest BCUT2D eigenvalue weighted by atomic mass is 19.1. The minimum Gasteiger partial charge on any atom is -0.392 e. The third-order valence-electron chi connectivity index (χ3n) is 3.90. The SMILES string of the molecule is CCCC(O)CN(Cc1ccc(F)cc1)CC1CCCO1. The summed E-state index contributed by atoms with van der Waals surface area (Å²) >= 11 is 0. The Morgan fingerprint density at radius 2 is 2.14 bits per heavy atom. The second-order valence-electron chi connectivity index (χ2n) is 5.90. The molecule has 1 aliphatic heterocycles. The Balaban J connectivity index is 1.94. The number of aliphatic hydroxyl groups excluding tert-OH is 1. The molecule has 1 heterocycles. The summed E-state index contributed by atoms with van der Waals surface area (Å²) < 4.78 is 18.7. The predicted octanol–water partition coefficient (Wildman–Crippen LogP) is 2.97. The zero-order valence-corrected chi connectivity index (χ0v) is 12.8. The monoisotopic (exact) mass is 295 g/mol. The van der Waals surface area contributed by atoms with Crippen molar-refractivity contribution in [2.45, 2.75) is 51.4 Å². The molecule has 0 spiro atoms. The third kappa shape index (κ3) is 5.73. The van der Waals surface area contributed by atoms with Gasteiger partial charge in [0.25, 0.3) is 0 Å². The fourth-order valence-corrected chi connectivity index (χ4v) is 2.85. The number of hydrogen-bond acceptors (Lipinski definition) is 3. The molecule has 2 rings (SSSR count). The molecule has 1 aromatic carbocycles. The topological polar surface area (TPSA) is 32.7 Å². The van der Waals surface area contributed by atoms with E-state index in [0.29, 0.717) is 6.54 Å². The van der Waals surface area contributed by atoms with E-state index >= 15 is 0 Å². The highest BCUT2D eigenvalue weighted by Crippen LogP contribution is 2.16. The van der Waals surface area contributed by atoms with Gasteiger partial charge in [-0.2, -0.15) is 0 Å². The zero-order valence-electron chi connectivity index (χ0n) is 12.8. The first-order valence-electron chi connectivity index (χ1n) is 7.94. The molecule has 118 valence electrons. The molecule has 0 bridgehead atoms. The van der Waals surface area contributed by atoms with Gasteiger partial charge in [0.1, 0.15) is 5.82 Å². The molecule has 1 aliphatic rings. The summed E-state index contributed by atoms with van der Waals surface area (Å²) in [6.07, 6.45) is 3.95. The van der Waals surface area contributed by atoms with E-state index in [9.17, 15) is 9.50 Å². The van der Waals surface area contributed by atoms with Gasteiger partial charge >= 0.3 is 0 Å². The van der Waals surface area contributed by atoms with Crippen LogP contribution in [0, 0.1) is 5.82 Å². The third-order valence-corrected chi connectivity index (χ3v) is 3.90. The molecule has 1 fully saturated rings. The molecule has 21 heavy (non-hydrogen) atoms. The van der Waals surface area contributed by atoms with Gasteiger partial charge in [-0.05, 0) is 37.0 Å². The van der Waals surface area contributed by atoms with Crippen molar-refractivity contribution >= 4 is 0 Å². The largest absolute Gasteiger partial charge is 0.392 e. The Bertz CT molecular complexity index is 404. The van der Waals surface area contributed by atoms with E-state index in [0.717, 1.165) is 50.9 Å². The van der Waals surface area contributed by atoms with Crippen LogP contribution in [-0.4, -0.2) is 41.9 Å². The number of benzene rings is 1.